The van der Waals surface area contributed by atoms with Gasteiger partial charge in [0.1, 0.15) is 5.54 Å². The van der Waals surface area contributed by atoms with Crippen molar-refractivity contribution in [2.75, 3.05) is 19.6 Å². The van der Waals surface area contributed by atoms with Crippen LogP contribution in [0.4, 0.5) is 0 Å². The van der Waals surface area contributed by atoms with Gasteiger partial charge in [0.15, 0.2) is 0 Å². The maximum atomic E-state index is 9.37. The van der Waals surface area contributed by atoms with E-state index in [-0.39, 0.29) is 5.54 Å². The maximum absolute atomic E-state index is 9.37. The molecule has 1 aliphatic heterocycles. The number of piperidine rings is 1. The lowest BCUT2D eigenvalue weighted by Crippen LogP contribution is -2.45. The summed E-state index contributed by atoms with van der Waals surface area (Å²) in [7, 11) is 0. The highest BCUT2D eigenvalue weighted by molar-refractivity contribution is 5.04. The quantitative estimate of drug-likeness (QED) is 0.809. The molecule has 0 aromatic heterocycles. The van der Waals surface area contributed by atoms with E-state index in [2.05, 4.69) is 50.9 Å². The number of nitrogens with one attached hydrogen (secondary N) is 1. The van der Waals surface area contributed by atoms with Crippen LogP contribution in [0.3, 0.4) is 0 Å². The molecule has 1 heterocycles. The van der Waals surface area contributed by atoms with E-state index in [4.69, 9.17) is 0 Å². The van der Waals surface area contributed by atoms with Crippen LogP contribution in [0.5, 0.6) is 0 Å². The van der Waals surface area contributed by atoms with E-state index >= 15 is 0 Å². The van der Waals surface area contributed by atoms with Crippen LogP contribution in [0, 0.1) is 22.7 Å². The predicted molar refractivity (Wildman–Crippen MR) is 90.1 cm³/mol. The molecule has 3 heteroatoms. The average molecular weight is 293 g/mol. The number of nitrogens with zero attached hydrogens (tertiary/aromatic N) is 2. The third-order valence-corrected chi connectivity index (χ3v) is 4.82. The van der Waals surface area contributed by atoms with E-state index in [1.54, 1.807) is 0 Å². The number of hydrogen-bond acceptors (Lipinski definition) is 3. The molecular weight excluding hydrogens is 258 g/mol. The first-order valence-electron chi connectivity index (χ1n) is 8.57. The van der Waals surface area contributed by atoms with Crippen LogP contribution in [-0.2, 0) is 0 Å². The average Bonchev–Trinajstić information content (AvgIpc) is 2.37. The van der Waals surface area contributed by atoms with Crippen molar-refractivity contribution in [2.24, 2.45) is 11.3 Å². The Labute approximate surface area is 132 Å². The van der Waals surface area contributed by atoms with Crippen molar-refractivity contribution in [1.82, 2.24) is 10.2 Å². The number of rotatable bonds is 6. The van der Waals surface area contributed by atoms with E-state index in [9.17, 15) is 5.26 Å². The molecule has 0 spiro atoms. The monoisotopic (exact) mass is 293 g/mol. The Morgan fingerprint density at radius 1 is 1.19 bits per heavy atom. The predicted octanol–water partition coefficient (Wildman–Crippen LogP) is 3.80. The van der Waals surface area contributed by atoms with Gasteiger partial charge in [-0.05, 0) is 77.4 Å². The molecule has 0 bridgehead atoms. The maximum Gasteiger partial charge on any atom is 0.104 e. The lowest BCUT2D eigenvalue weighted by molar-refractivity contribution is 0.110. The van der Waals surface area contributed by atoms with Crippen LogP contribution in [-0.4, -0.2) is 36.1 Å². The van der Waals surface area contributed by atoms with Crippen LogP contribution in [0.15, 0.2) is 0 Å². The zero-order valence-corrected chi connectivity index (χ0v) is 15.0. The van der Waals surface area contributed by atoms with Gasteiger partial charge in [-0.25, -0.2) is 0 Å². The summed E-state index contributed by atoms with van der Waals surface area (Å²) >= 11 is 0. The summed E-state index contributed by atoms with van der Waals surface area (Å²) in [4.78, 5) is 2.58. The summed E-state index contributed by atoms with van der Waals surface area (Å²) < 4.78 is 0. The van der Waals surface area contributed by atoms with E-state index in [1.165, 1.54) is 25.9 Å². The fourth-order valence-corrected chi connectivity index (χ4v) is 3.48. The summed E-state index contributed by atoms with van der Waals surface area (Å²) in [6, 6.07) is 2.80. The standard InChI is InChI=1S/C18H35N3/c1-15(2)20-18(6,14-19)10-7-11-21-12-8-16(9-13-21)17(3,4)5/h15-16,20H,7-13H2,1-6H3. The van der Waals surface area contributed by atoms with Gasteiger partial charge in [0.05, 0.1) is 6.07 Å². The topological polar surface area (TPSA) is 39.1 Å². The highest BCUT2D eigenvalue weighted by Gasteiger charge is 2.29. The normalized spacial score (nSPS) is 21.2. The van der Waals surface area contributed by atoms with Crippen molar-refractivity contribution in [3.63, 3.8) is 0 Å². The molecule has 1 atom stereocenters. The molecule has 1 N–H and O–H groups in total. The Hall–Kier alpha value is -0.590. The lowest BCUT2D eigenvalue weighted by Gasteiger charge is -2.39. The molecular formula is C18H35N3. The van der Waals surface area contributed by atoms with Crippen molar-refractivity contribution in [2.45, 2.75) is 78.8 Å². The van der Waals surface area contributed by atoms with Crippen molar-refractivity contribution in [1.29, 1.82) is 5.26 Å². The molecule has 0 aromatic rings. The van der Waals surface area contributed by atoms with E-state index in [1.807, 2.05) is 6.92 Å². The van der Waals surface area contributed by atoms with Gasteiger partial charge in [-0.1, -0.05) is 20.8 Å². The fourth-order valence-electron chi connectivity index (χ4n) is 3.48. The Kier molecular flexibility index (Phi) is 6.69. The summed E-state index contributed by atoms with van der Waals surface area (Å²) in [6.07, 6.45) is 4.68. The highest BCUT2D eigenvalue weighted by Crippen LogP contribution is 2.34. The van der Waals surface area contributed by atoms with Gasteiger partial charge in [-0.2, -0.15) is 5.26 Å². The molecule has 1 rings (SSSR count). The van der Waals surface area contributed by atoms with Crippen LogP contribution < -0.4 is 5.32 Å². The summed E-state index contributed by atoms with van der Waals surface area (Å²) in [5.74, 6) is 0.862. The first kappa shape index (κ1) is 18.5. The molecule has 1 fully saturated rings. The Bertz CT molecular complexity index is 342. The molecule has 0 radical (unpaired) electrons. The minimum absolute atomic E-state index is 0.359. The van der Waals surface area contributed by atoms with Crippen LogP contribution in [0.25, 0.3) is 0 Å². The lowest BCUT2D eigenvalue weighted by atomic mass is 9.75. The number of likely N-dealkylation sites (tertiary alicyclic amines) is 1. The van der Waals surface area contributed by atoms with Crippen molar-refractivity contribution in [3.8, 4) is 6.07 Å². The molecule has 0 amide bonds. The smallest absolute Gasteiger partial charge is 0.104 e. The second-order valence-electron chi connectivity index (χ2n) is 8.33. The molecule has 122 valence electrons. The van der Waals surface area contributed by atoms with Gasteiger partial charge in [-0.15, -0.1) is 0 Å². The zero-order valence-electron chi connectivity index (χ0n) is 15.0. The Morgan fingerprint density at radius 3 is 2.19 bits per heavy atom. The highest BCUT2D eigenvalue weighted by atomic mass is 15.1. The molecule has 21 heavy (non-hydrogen) atoms. The third kappa shape index (κ3) is 6.36. The van der Waals surface area contributed by atoms with Crippen LogP contribution >= 0.6 is 0 Å². The van der Waals surface area contributed by atoms with Crippen molar-refractivity contribution >= 4 is 0 Å². The molecule has 0 aromatic carbocycles. The van der Waals surface area contributed by atoms with Gasteiger partial charge < -0.3 is 4.90 Å². The Morgan fingerprint density at radius 2 is 1.76 bits per heavy atom. The molecule has 0 aliphatic carbocycles. The fraction of sp³-hybridized carbons (Fsp3) is 0.944. The van der Waals surface area contributed by atoms with Crippen molar-refractivity contribution in [3.05, 3.63) is 0 Å². The molecule has 1 saturated heterocycles. The van der Waals surface area contributed by atoms with Crippen LogP contribution in [0.2, 0.25) is 0 Å². The second kappa shape index (κ2) is 7.61. The van der Waals surface area contributed by atoms with E-state index in [0.717, 1.165) is 25.3 Å². The first-order chi connectivity index (χ1) is 9.66. The van der Waals surface area contributed by atoms with Gasteiger partial charge in [0.2, 0.25) is 0 Å². The van der Waals surface area contributed by atoms with Crippen molar-refractivity contribution < 1.29 is 0 Å². The Balaban J connectivity index is 2.30. The SMILES string of the molecule is CC(C)NC(C)(C#N)CCCN1CCC(C(C)(C)C)CC1. The number of nitriles is 1. The molecule has 1 aliphatic rings. The minimum Gasteiger partial charge on any atom is -0.303 e. The van der Waals surface area contributed by atoms with E-state index in [0.29, 0.717) is 11.5 Å². The molecule has 3 nitrogen and oxygen atoms in total. The summed E-state index contributed by atoms with van der Waals surface area (Å²) in [5.41, 5.74) is 0.0740. The van der Waals surface area contributed by atoms with Crippen LogP contribution in [0.1, 0.15) is 67.2 Å². The second-order valence-corrected chi connectivity index (χ2v) is 8.33. The van der Waals surface area contributed by atoms with Gasteiger partial charge in [-0.3, -0.25) is 5.32 Å². The third-order valence-electron chi connectivity index (χ3n) is 4.82. The number of hydrogen-bond donors (Lipinski definition) is 1. The van der Waals surface area contributed by atoms with Gasteiger partial charge in [0.25, 0.3) is 0 Å². The van der Waals surface area contributed by atoms with Gasteiger partial charge in [0, 0.05) is 6.04 Å². The summed E-state index contributed by atoms with van der Waals surface area (Å²) in [6.45, 7) is 16.9. The largest absolute Gasteiger partial charge is 0.303 e. The molecule has 0 saturated carbocycles. The minimum atomic E-state index is -0.377. The first-order valence-corrected chi connectivity index (χ1v) is 8.57. The molecule has 1 unspecified atom stereocenters. The zero-order chi connectivity index (χ0) is 16.1. The van der Waals surface area contributed by atoms with Gasteiger partial charge >= 0.3 is 0 Å². The summed E-state index contributed by atoms with van der Waals surface area (Å²) in [5, 5.41) is 12.8. The van der Waals surface area contributed by atoms with E-state index < -0.39 is 0 Å².